The molecule has 272 valence electrons. The Balaban J connectivity index is 0.000000194. The number of carbonyl (C=O) groups is 4. The zero-order valence-electron chi connectivity index (χ0n) is 29.9. The molecule has 0 saturated carbocycles. The van der Waals surface area contributed by atoms with Crippen LogP contribution in [-0.4, -0.2) is 85.0 Å². The van der Waals surface area contributed by atoms with Crippen molar-refractivity contribution >= 4 is 24.1 Å². The largest absolute Gasteiger partial charge is 0.464 e. The molecule has 2 aromatic carbocycles. The highest BCUT2D eigenvalue weighted by Gasteiger charge is 2.43. The maximum absolute atomic E-state index is 12.6. The highest BCUT2D eigenvalue weighted by Crippen LogP contribution is 2.45. The first kappa shape index (κ1) is 36.4. The van der Waals surface area contributed by atoms with Crippen LogP contribution in [0.4, 0.5) is 9.59 Å². The maximum atomic E-state index is 12.6. The van der Waals surface area contributed by atoms with E-state index in [0.717, 1.165) is 11.1 Å². The number of ether oxygens (including phenoxy) is 8. The van der Waals surface area contributed by atoms with Gasteiger partial charge in [0.15, 0.2) is 35.1 Å². The molecule has 4 heterocycles. The second kappa shape index (κ2) is 14.5. The van der Waals surface area contributed by atoms with Gasteiger partial charge in [0.2, 0.25) is 13.6 Å². The van der Waals surface area contributed by atoms with Crippen molar-refractivity contribution in [3.05, 3.63) is 46.5 Å². The molecule has 0 N–H and O–H groups in total. The second-order valence-electron chi connectivity index (χ2n) is 13.9. The minimum absolute atomic E-state index is 0.158. The summed E-state index contributed by atoms with van der Waals surface area (Å²) in [6.07, 6.45) is 0.0383. The van der Waals surface area contributed by atoms with Crippen LogP contribution in [0.1, 0.15) is 89.7 Å². The summed E-state index contributed by atoms with van der Waals surface area (Å²) in [4.78, 5) is 53.3. The standard InChI is InChI=1S/2C18H23NO6/c2*1-5-22-16(20)14-11-6-7-13-15(24-10-23-13)12(11)8-9-19(14)17(21)25-18(2,3)4/h2*6-7,14H,5,8-10H2,1-4H3. The van der Waals surface area contributed by atoms with E-state index in [1.165, 1.54) is 9.80 Å². The van der Waals surface area contributed by atoms with Crippen molar-refractivity contribution in [2.45, 2.75) is 91.5 Å². The van der Waals surface area contributed by atoms with Crippen molar-refractivity contribution in [2.24, 2.45) is 0 Å². The van der Waals surface area contributed by atoms with Crippen LogP contribution in [0, 0.1) is 0 Å². The molecular formula is C36H46N2O12. The van der Waals surface area contributed by atoms with Gasteiger partial charge in [-0.2, -0.15) is 0 Å². The average Bonchev–Trinajstić information content (AvgIpc) is 3.73. The van der Waals surface area contributed by atoms with Crippen molar-refractivity contribution in [1.82, 2.24) is 9.80 Å². The Morgan fingerprint density at radius 2 is 1.02 bits per heavy atom. The lowest BCUT2D eigenvalue weighted by molar-refractivity contribution is -0.150. The molecule has 0 fully saturated rings. The summed E-state index contributed by atoms with van der Waals surface area (Å²) in [6, 6.07) is 5.39. The van der Waals surface area contributed by atoms with Crippen molar-refractivity contribution in [2.75, 3.05) is 39.9 Å². The van der Waals surface area contributed by atoms with Crippen LogP contribution >= 0.6 is 0 Å². The highest BCUT2D eigenvalue weighted by atomic mass is 16.7. The van der Waals surface area contributed by atoms with E-state index in [4.69, 9.17) is 37.9 Å². The van der Waals surface area contributed by atoms with E-state index < -0.39 is 47.4 Å². The predicted octanol–water partition coefficient (Wildman–Crippen LogP) is 5.63. The van der Waals surface area contributed by atoms with Gasteiger partial charge in [-0.15, -0.1) is 0 Å². The van der Waals surface area contributed by atoms with E-state index in [0.29, 0.717) is 60.1 Å². The Morgan fingerprint density at radius 1 is 0.640 bits per heavy atom. The molecule has 14 heteroatoms. The Hall–Kier alpha value is -4.88. The molecule has 4 aliphatic rings. The van der Waals surface area contributed by atoms with Gasteiger partial charge >= 0.3 is 24.1 Å². The molecule has 0 aliphatic carbocycles. The summed E-state index contributed by atoms with van der Waals surface area (Å²) in [5, 5.41) is 0. The first-order chi connectivity index (χ1) is 23.6. The third-order valence-corrected chi connectivity index (χ3v) is 8.05. The van der Waals surface area contributed by atoms with Gasteiger partial charge in [-0.05, 0) is 91.5 Å². The van der Waals surface area contributed by atoms with Crippen LogP contribution in [0.25, 0.3) is 0 Å². The molecule has 14 nitrogen and oxygen atoms in total. The van der Waals surface area contributed by atoms with Gasteiger partial charge in [0, 0.05) is 24.2 Å². The monoisotopic (exact) mass is 698 g/mol. The normalized spacial score (nSPS) is 18.6. The quantitative estimate of drug-likeness (QED) is 0.288. The number of hydrogen-bond acceptors (Lipinski definition) is 12. The Morgan fingerprint density at radius 3 is 1.36 bits per heavy atom. The predicted molar refractivity (Wildman–Crippen MR) is 177 cm³/mol. The fraction of sp³-hybridized carbons (Fsp3) is 0.556. The van der Waals surface area contributed by atoms with Crippen LogP contribution in [0.5, 0.6) is 23.0 Å². The van der Waals surface area contributed by atoms with E-state index in [9.17, 15) is 19.2 Å². The molecule has 0 bridgehead atoms. The van der Waals surface area contributed by atoms with Gasteiger partial charge in [-0.25, -0.2) is 19.2 Å². The number of benzene rings is 2. The maximum Gasteiger partial charge on any atom is 0.411 e. The molecule has 0 aromatic heterocycles. The molecule has 0 spiro atoms. The molecular weight excluding hydrogens is 652 g/mol. The number of hydrogen-bond donors (Lipinski definition) is 0. The zero-order valence-corrected chi connectivity index (χ0v) is 29.9. The third kappa shape index (κ3) is 7.79. The number of esters is 2. The van der Waals surface area contributed by atoms with E-state index in [-0.39, 0.29) is 26.8 Å². The van der Waals surface area contributed by atoms with Crippen molar-refractivity contribution < 1.29 is 57.1 Å². The lowest BCUT2D eigenvalue weighted by Crippen LogP contribution is -2.46. The summed E-state index contributed by atoms with van der Waals surface area (Å²) >= 11 is 0. The summed E-state index contributed by atoms with van der Waals surface area (Å²) in [5.41, 5.74) is 1.86. The molecule has 50 heavy (non-hydrogen) atoms. The van der Waals surface area contributed by atoms with Crippen LogP contribution in [0.2, 0.25) is 0 Å². The minimum Gasteiger partial charge on any atom is -0.464 e. The number of rotatable bonds is 4. The fourth-order valence-electron chi connectivity index (χ4n) is 6.16. The Bertz CT molecular complexity index is 1510. The molecule has 2 aromatic rings. The molecule has 2 unspecified atom stereocenters. The molecule has 0 saturated heterocycles. The van der Waals surface area contributed by atoms with E-state index in [1.807, 2.05) is 0 Å². The van der Waals surface area contributed by atoms with Crippen LogP contribution < -0.4 is 18.9 Å². The number of carbonyl (C=O) groups excluding carboxylic acids is 4. The van der Waals surface area contributed by atoms with Gasteiger partial charge in [-0.1, -0.05) is 12.1 Å². The number of amides is 2. The van der Waals surface area contributed by atoms with Gasteiger partial charge in [0.25, 0.3) is 0 Å². The lowest BCUT2D eigenvalue weighted by Gasteiger charge is -2.36. The highest BCUT2D eigenvalue weighted by molar-refractivity contribution is 5.85. The Labute approximate surface area is 291 Å². The first-order valence-electron chi connectivity index (χ1n) is 16.8. The van der Waals surface area contributed by atoms with Gasteiger partial charge < -0.3 is 37.9 Å². The molecule has 2 amide bonds. The number of nitrogens with zero attached hydrogens (tertiary/aromatic N) is 2. The van der Waals surface area contributed by atoms with E-state index in [1.54, 1.807) is 79.7 Å². The van der Waals surface area contributed by atoms with Crippen LogP contribution in [0.3, 0.4) is 0 Å². The summed E-state index contributed by atoms with van der Waals surface area (Å²) in [7, 11) is 0. The van der Waals surface area contributed by atoms with Gasteiger partial charge in [0.1, 0.15) is 11.2 Å². The smallest absolute Gasteiger partial charge is 0.411 e. The molecule has 6 rings (SSSR count). The van der Waals surface area contributed by atoms with Crippen LogP contribution in [-0.2, 0) is 41.4 Å². The fourth-order valence-corrected chi connectivity index (χ4v) is 6.16. The average molecular weight is 699 g/mol. The van der Waals surface area contributed by atoms with Crippen molar-refractivity contribution in [3.8, 4) is 23.0 Å². The molecule has 0 radical (unpaired) electrons. The lowest BCUT2D eigenvalue weighted by atomic mass is 9.91. The SMILES string of the molecule is CCOC(=O)C1c2ccc3c(c2CCN1C(=O)OC(C)(C)C)OCO3.CCOC(=O)C1c2ccc3c(c2CCN1C(=O)OC(C)(C)C)OCO3. The summed E-state index contributed by atoms with van der Waals surface area (Å²) in [5.74, 6) is 1.66. The van der Waals surface area contributed by atoms with Crippen molar-refractivity contribution in [3.63, 3.8) is 0 Å². The number of fused-ring (bicyclic) bond motifs is 6. The van der Waals surface area contributed by atoms with Crippen LogP contribution in [0.15, 0.2) is 24.3 Å². The zero-order chi connectivity index (χ0) is 36.4. The summed E-state index contributed by atoms with van der Waals surface area (Å²) < 4.78 is 43.3. The topological polar surface area (TPSA) is 149 Å². The minimum atomic E-state index is -0.854. The molecule has 2 atom stereocenters. The second-order valence-corrected chi connectivity index (χ2v) is 13.9. The van der Waals surface area contributed by atoms with E-state index >= 15 is 0 Å². The van der Waals surface area contributed by atoms with Gasteiger partial charge in [-0.3, -0.25) is 9.80 Å². The van der Waals surface area contributed by atoms with Gasteiger partial charge in [0.05, 0.1) is 13.2 Å². The summed E-state index contributed by atoms with van der Waals surface area (Å²) in [6.45, 7) is 15.7. The molecule has 4 aliphatic heterocycles. The van der Waals surface area contributed by atoms with Crippen molar-refractivity contribution in [1.29, 1.82) is 0 Å². The Kier molecular flexibility index (Phi) is 10.6. The first-order valence-corrected chi connectivity index (χ1v) is 16.8. The van der Waals surface area contributed by atoms with E-state index in [2.05, 4.69) is 0 Å². The third-order valence-electron chi connectivity index (χ3n) is 8.05.